The zero-order valence-electron chi connectivity index (χ0n) is 14.0. The highest BCUT2D eigenvalue weighted by Crippen LogP contribution is 2.27. The quantitative estimate of drug-likeness (QED) is 0.607. The minimum Gasteiger partial charge on any atom is -0.478 e. The molecule has 0 saturated heterocycles. The van der Waals surface area contributed by atoms with Crippen LogP contribution in [0.1, 0.15) is 26.3 Å². The molecule has 3 aromatic carbocycles. The molecular formula is C21H16BrNO3. The number of carboxylic acid groups (broad SMARTS) is 1. The Morgan fingerprint density at radius 2 is 1.50 bits per heavy atom. The van der Waals surface area contributed by atoms with Crippen molar-refractivity contribution in [2.45, 2.75) is 6.92 Å². The number of carbonyl (C=O) groups is 2. The highest BCUT2D eigenvalue weighted by Gasteiger charge is 2.09. The first-order chi connectivity index (χ1) is 12.4. The summed E-state index contributed by atoms with van der Waals surface area (Å²) in [6.45, 7) is 1.97. The fraction of sp³-hybridized carbons (Fsp3) is 0.0476. The molecule has 2 N–H and O–H groups in total. The van der Waals surface area contributed by atoms with Crippen LogP contribution in [0, 0.1) is 6.92 Å². The van der Waals surface area contributed by atoms with Gasteiger partial charge in [0, 0.05) is 15.7 Å². The second kappa shape index (κ2) is 7.54. The van der Waals surface area contributed by atoms with Gasteiger partial charge in [0.15, 0.2) is 0 Å². The molecule has 0 radical (unpaired) electrons. The Balaban J connectivity index is 1.86. The van der Waals surface area contributed by atoms with E-state index in [0.717, 1.165) is 21.2 Å². The maximum absolute atomic E-state index is 12.4. The van der Waals surface area contributed by atoms with Crippen molar-refractivity contribution in [2.75, 3.05) is 5.32 Å². The van der Waals surface area contributed by atoms with Crippen LogP contribution in [0.3, 0.4) is 0 Å². The highest BCUT2D eigenvalue weighted by atomic mass is 79.9. The molecule has 26 heavy (non-hydrogen) atoms. The van der Waals surface area contributed by atoms with Gasteiger partial charge in [0.05, 0.1) is 5.56 Å². The molecule has 0 spiro atoms. The monoisotopic (exact) mass is 409 g/mol. The van der Waals surface area contributed by atoms with Crippen LogP contribution in [0.25, 0.3) is 11.1 Å². The Labute approximate surface area is 159 Å². The Morgan fingerprint density at radius 1 is 0.885 bits per heavy atom. The van der Waals surface area contributed by atoms with Crippen LogP contribution in [-0.4, -0.2) is 17.0 Å². The third-order valence-corrected chi connectivity index (χ3v) is 4.57. The van der Waals surface area contributed by atoms with Crippen LogP contribution in [-0.2, 0) is 0 Å². The van der Waals surface area contributed by atoms with E-state index in [9.17, 15) is 9.59 Å². The predicted octanol–water partition coefficient (Wildman–Crippen LogP) is 5.38. The second-order valence-electron chi connectivity index (χ2n) is 5.87. The molecule has 4 nitrogen and oxygen atoms in total. The van der Waals surface area contributed by atoms with Crippen molar-refractivity contribution in [1.29, 1.82) is 0 Å². The van der Waals surface area contributed by atoms with Gasteiger partial charge in [0.2, 0.25) is 0 Å². The van der Waals surface area contributed by atoms with Gasteiger partial charge in [-0.15, -0.1) is 0 Å². The number of rotatable bonds is 4. The normalized spacial score (nSPS) is 10.4. The van der Waals surface area contributed by atoms with Gasteiger partial charge < -0.3 is 10.4 Å². The summed E-state index contributed by atoms with van der Waals surface area (Å²) in [5, 5.41) is 11.9. The van der Waals surface area contributed by atoms with Gasteiger partial charge in [-0.05, 0) is 72.1 Å². The fourth-order valence-electron chi connectivity index (χ4n) is 2.61. The minimum atomic E-state index is -0.955. The number of halogens is 1. The molecule has 0 atom stereocenters. The van der Waals surface area contributed by atoms with Gasteiger partial charge in [0.1, 0.15) is 0 Å². The van der Waals surface area contributed by atoms with Crippen molar-refractivity contribution < 1.29 is 14.7 Å². The van der Waals surface area contributed by atoms with Crippen LogP contribution >= 0.6 is 15.9 Å². The molecule has 130 valence electrons. The van der Waals surface area contributed by atoms with Gasteiger partial charge in [-0.3, -0.25) is 4.79 Å². The maximum Gasteiger partial charge on any atom is 0.335 e. The Hall–Kier alpha value is -2.92. The highest BCUT2D eigenvalue weighted by molar-refractivity contribution is 9.10. The number of hydrogen-bond acceptors (Lipinski definition) is 2. The molecule has 1 amide bonds. The number of anilines is 1. The van der Waals surface area contributed by atoms with E-state index in [1.165, 1.54) is 0 Å². The van der Waals surface area contributed by atoms with E-state index in [1.54, 1.807) is 36.4 Å². The molecule has 0 aliphatic carbocycles. The summed E-state index contributed by atoms with van der Waals surface area (Å²) in [7, 11) is 0. The summed E-state index contributed by atoms with van der Waals surface area (Å²) >= 11 is 3.35. The summed E-state index contributed by atoms with van der Waals surface area (Å²) in [4.78, 5) is 23.4. The zero-order chi connectivity index (χ0) is 18.7. The number of carbonyl (C=O) groups excluding carboxylic acids is 1. The first kappa shape index (κ1) is 17.9. The van der Waals surface area contributed by atoms with E-state index in [2.05, 4.69) is 21.2 Å². The van der Waals surface area contributed by atoms with Gasteiger partial charge in [-0.1, -0.05) is 34.1 Å². The molecule has 0 heterocycles. The number of aromatic carboxylic acids is 1. The van der Waals surface area contributed by atoms with Gasteiger partial charge in [-0.2, -0.15) is 0 Å². The fourth-order valence-corrected chi connectivity index (χ4v) is 2.87. The van der Waals surface area contributed by atoms with E-state index < -0.39 is 5.97 Å². The standard InChI is InChI=1S/C21H16BrNO3/c1-13-2-11-18(23-20(24)15-7-9-17(22)10-8-15)12-19(13)14-3-5-16(6-4-14)21(25)26/h2-12H,1H3,(H,23,24)(H,25,26). The molecule has 0 bridgehead atoms. The van der Waals surface area contributed by atoms with E-state index in [4.69, 9.17) is 5.11 Å². The molecule has 0 fully saturated rings. The summed E-state index contributed by atoms with van der Waals surface area (Å²) in [6, 6.07) is 19.5. The Morgan fingerprint density at radius 3 is 2.12 bits per heavy atom. The first-order valence-electron chi connectivity index (χ1n) is 7.95. The molecule has 0 aliphatic heterocycles. The third-order valence-electron chi connectivity index (χ3n) is 4.04. The maximum atomic E-state index is 12.4. The number of nitrogens with one attached hydrogen (secondary N) is 1. The molecule has 0 aliphatic rings. The average molecular weight is 410 g/mol. The van der Waals surface area contributed by atoms with Crippen molar-refractivity contribution in [3.8, 4) is 11.1 Å². The summed E-state index contributed by atoms with van der Waals surface area (Å²) in [5.41, 5.74) is 4.37. The van der Waals surface area contributed by atoms with Crippen LogP contribution in [0.4, 0.5) is 5.69 Å². The van der Waals surface area contributed by atoms with Crippen molar-refractivity contribution in [3.63, 3.8) is 0 Å². The smallest absolute Gasteiger partial charge is 0.335 e. The Kier molecular flexibility index (Phi) is 5.19. The van der Waals surface area contributed by atoms with E-state index in [1.807, 2.05) is 37.3 Å². The van der Waals surface area contributed by atoms with Gasteiger partial charge in [0.25, 0.3) is 5.91 Å². The van der Waals surface area contributed by atoms with E-state index >= 15 is 0 Å². The average Bonchev–Trinajstić information content (AvgIpc) is 2.64. The molecule has 0 saturated carbocycles. The number of benzene rings is 3. The summed E-state index contributed by atoms with van der Waals surface area (Å²) < 4.78 is 0.913. The lowest BCUT2D eigenvalue weighted by molar-refractivity contribution is 0.0696. The first-order valence-corrected chi connectivity index (χ1v) is 8.74. The molecule has 3 rings (SSSR count). The lowest BCUT2D eigenvalue weighted by atomic mass is 9.98. The molecule has 0 unspecified atom stereocenters. The topological polar surface area (TPSA) is 66.4 Å². The van der Waals surface area contributed by atoms with Gasteiger partial charge >= 0.3 is 5.97 Å². The summed E-state index contributed by atoms with van der Waals surface area (Å²) in [6.07, 6.45) is 0. The van der Waals surface area contributed by atoms with Crippen molar-refractivity contribution in [1.82, 2.24) is 0 Å². The minimum absolute atomic E-state index is 0.187. The number of carboxylic acids is 1. The molecule has 0 aromatic heterocycles. The van der Waals surface area contributed by atoms with Crippen molar-refractivity contribution in [2.24, 2.45) is 0 Å². The Bertz CT molecular complexity index is 964. The lowest BCUT2D eigenvalue weighted by Gasteiger charge is -2.11. The number of aryl methyl sites for hydroxylation is 1. The zero-order valence-corrected chi connectivity index (χ0v) is 15.6. The van der Waals surface area contributed by atoms with Gasteiger partial charge in [-0.25, -0.2) is 4.79 Å². The van der Waals surface area contributed by atoms with E-state index in [0.29, 0.717) is 11.3 Å². The molecular weight excluding hydrogens is 394 g/mol. The largest absolute Gasteiger partial charge is 0.478 e. The third kappa shape index (κ3) is 4.00. The van der Waals surface area contributed by atoms with Crippen LogP contribution in [0.5, 0.6) is 0 Å². The van der Waals surface area contributed by atoms with Crippen molar-refractivity contribution in [3.05, 3.63) is 87.9 Å². The number of hydrogen-bond donors (Lipinski definition) is 2. The predicted molar refractivity (Wildman–Crippen MR) is 106 cm³/mol. The summed E-state index contributed by atoms with van der Waals surface area (Å²) in [5.74, 6) is -1.14. The van der Waals surface area contributed by atoms with E-state index in [-0.39, 0.29) is 11.5 Å². The number of amides is 1. The SMILES string of the molecule is Cc1ccc(NC(=O)c2ccc(Br)cc2)cc1-c1ccc(C(=O)O)cc1. The lowest BCUT2D eigenvalue weighted by Crippen LogP contribution is -2.11. The van der Waals surface area contributed by atoms with Crippen LogP contribution in [0.15, 0.2) is 71.2 Å². The van der Waals surface area contributed by atoms with Crippen LogP contribution in [0.2, 0.25) is 0 Å². The molecule has 3 aromatic rings. The molecule has 5 heteroatoms. The van der Waals surface area contributed by atoms with Crippen molar-refractivity contribution >= 4 is 33.5 Å². The van der Waals surface area contributed by atoms with Crippen LogP contribution < -0.4 is 5.32 Å². The second-order valence-corrected chi connectivity index (χ2v) is 6.79.